The van der Waals surface area contributed by atoms with Crippen LogP contribution in [-0.4, -0.2) is 22.2 Å². The first-order valence-corrected chi connectivity index (χ1v) is 6.88. The third-order valence-electron chi connectivity index (χ3n) is 3.21. The van der Waals surface area contributed by atoms with Crippen LogP contribution in [0.5, 0.6) is 0 Å². The van der Waals surface area contributed by atoms with Crippen molar-refractivity contribution in [3.63, 3.8) is 0 Å². The lowest BCUT2D eigenvalue weighted by Crippen LogP contribution is -2.00. The van der Waals surface area contributed by atoms with Crippen molar-refractivity contribution in [2.24, 2.45) is 0 Å². The van der Waals surface area contributed by atoms with E-state index < -0.39 is 11.9 Å². The van der Waals surface area contributed by atoms with E-state index >= 15 is 0 Å². The molecule has 22 heavy (non-hydrogen) atoms. The van der Waals surface area contributed by atoms with Gasteiger partial charge in [0.05, 0.1) is 12.8 Å². The molecule has 0 bridgehead atoms. The predicted octanol–water partition coefficient (Wildman–Crippen LogP) is 3.93. The Morgan fingerprint density at radius 3 is 1.36 bits per heavy atom. The van der Waals surface area contributed by atoms with Gasteiger partial charge in [0.2, 0.25) is 0 Å². The zero-order chi connectivity index (χ0) is 15.9. The van der Waals surface area contributed by atoms with Gasteiger partial charge in [-0.1, -0.05) is 60.7 Å². The van der Waals surface area contributed by atoms with E-state index in [0.29, 0.717) is 0 Å². The first-order valence-electron chi connectivity index (χ1n) is 6.88. The SMILES string of the molecule is O=C(O)CCC(=O)O.c1ccc2c(c1)ccc1ccccc12. The molecule has 0 heterocycles. The van der Waals surface area contributed by atoms with E-state index in [1.165, 1.54) is 21.5 Å². The van der Waals surface area contributed by atoms with Crippen LogP contribution in [0.15, 0.2) is 60.7 Å². The maximum Gasteiger partial charge on any atom is 0.303 e. The summed E-state index contributed by atoms with van der Waals surface area (Å²) < 4.78 is 0. The molecule has 0 saturated carbocycles. The van der Waals surface area contributed by atoms with Gasteiger partial charge in [-0.25, -0.2) is 0 Å². The van der Waals surface area contributed by atoms with Gasteiger partial charge in [-0.15, -0.1) is 0 Å². The normalized spacial score (nSPS) is 10.0. The molecule has 0 fully saturated rings. The summed E-state index contributed by atoms with van der Waals surface area (Å²) >= 11 is 0. The van der Waals surface area contributed by atoms with Crippen molar-refractivity contribution in [3.05, 3.63) is 60.7 Å². The first-order chi connectivity index (χ1) is 10.6. The molecule has 0 saturated heterocycles. The summed E-state index contributed by atoms with van der Waals surface area (Å²) in [5.41, 5.74) is 0. The Morgan fingerprint density at radius 2 is 1.00 bits per heavy atom. The quantitative estimate of drug-likeness (QED) is 0.718. The molecule has 3 rings (SSSR count). The van der Waals surface area contributed by atoms with Crippen molar-refractivity contribution in [1.82, 2.24) is 0 Å². The Balaban J connectivity index is 0.000000192. The minimum absolute atomic E-state index is 0.296. The Morgan fingerprint density at radius 1 is 0.636 bits per heavy atom. The lowest BCUT2D eigenvalue weighted by Gasteiger charge is -2.02. The van der Waals surface area contributed by atoms with E-state index in [1.807, 2.05) is 0 Å². The minimum Gasteiger partial charge on any atom is -0.481 e. The van der Waals surface area contributed by atoms with Crippen molar-refractivity contribution < 1.29 is 19.8 Å². The lowest BCUT2D eigenvalue weighted by atomic mass is 10.0. The summed E-state index contributed by atoms with van der Waals surface area (Å²) in [7, 11) is 0. The highest BCUT2D eigenvalue weighted by molar-refractivity contribution is 6.07. The van der Waals surface area contributed by atoms with E-state index in [2.05, 4.69) is 60.7 Å². The number of carboxylic acid groups (broad SMARTS) is 2. The molecule has 0 aliphatic rings. The Bertz CT molecular complexity index is 739. The second-order valence-electron chi connectivity index (χ2n) is 4.80. The van der Waals surface area contributed by atoms with Gasteiger partial charge in [0, 0.05) is 0 Å². The smallest absolute Gasteiger partial charge is 0.303 e. The number of hydrogen-bond acceptors (Lipinski definition) is 2. The second kappa shape index (κ2) is 7.22. The Hall–Kier alpha value is -2.88. The van der Waals surface area contributed by atoms with Crippen LogP contribution >= 0.6 is 0 Å². The second-order valence-corrected chi connectivity index (χ2v) is 4.80. The highest BCUT2D eigenvalue weighted by atomic mass is 16.4. The number of rotatable bonds is 3. The monoisotopic (exact) mass is 296 g/mol. The molecule has 0 aliphatic carbocycles. The van der Waals surface area contributed by atoms with Gasteiger partial charge in [-0.05, 0) is 21.5 Å². The number of benzene rings is 3. The number of aliphatic carboxylic acids is 2. The molecule has 0 unspecified atom stereocenters. The summed E-state index contributed by atoms with van der Waals surface area (Å²) in [6, 6.07) is 21.4. The average molecular weight is 296 g/mol. The maximum atomic E-state index is 9.64. The molecule has 4 nitrogen and oxygen atoms in total. The van der Waals surface area contributed by atoms with Crippen molar-refractivity contribution >= 4 is 33.5 Å². The third kappa shape index (κ3) is 4.06. The molecule has 4 heteroatoms. The van der Waals surface area contributed by atoms with Crippen molar-refractivity contribution in [2.45, 2.75) is 12.8 Å². The molecule has 0 aliphatic heterocycles. The summed E-state index contributed by atoms with van der Waals surface area (Å²) in [5, 5.41) is 21.1. The fraction of sp³-hybridized carbons (Fsp3) is 0.111. The standard InChI is InChI=1S/C14H10.C4H6O4/c1-3-7-13-11(5-1)9-10-12-6-2-4-8-14(12)13;5-3(6)1-2-4(7)8/h1-10H;1-2H2,(H,5,6)(H,7,8). The van der Waals surface area contributed by atoms with E-state index in [9.17, 15) is 9.59 Å². The minimum atomic E-state index is -1.08. The van der Waals surface area contributed by atoms with Crippen LogP contribution in [0.1, 0.15) is 12.8 Å². The van der Waals surface area contributed by atoms with Crippen LogP contribution in [0.2, 0.25) is 0 Å². The van der Waals surface area contributed by atoms with E-state index in [1.54, 1.807) is 0 Å². The molecule has 0 amide bonds. The Labute approximate surface area is 127 Å². The zero-order valence-corrected chi connectivity index (χ0v) is 11.9. The Kier molecular flexibility index (Phi) is 5.09. The van der Waals surface area contributed by atoms with E-state index in [0.717, 1.165) is 0 Å². The molecular formula is C18H16O4. The van der Waals surface area contributed by atoms with E-state index in [-0.39, 0.29) is 12.8 Å². The topological polar surface area (TPSA) is 74.6 Å². The first kappa shape index (κ1) is 15.5. The number of hydrogen-bond donors (Lipinski definition) is 2. The predicted molar refractivity (Wildman–Crippen MR) is 86.0 cm³/mol. The van der Waals surface area contributed by atoms with Crippen molar-refractivity contribution in [1.29, 1.82) is 0 Å². The van der Waals surface area contributed by atoms with Crippen LogP contribution in [0.4, 0.5) is 0 Å². The third-order valence-corrected chi connectivity index (χ3v) is 3.21. The molecule has 3 aromatic rings. The number of fused-ring (bicyclic) bond motifs is 3. The van der Waals surface area contributed by atoms with Crippen LogP contribution in [0.3, 0.4) is 0 Å². The summed E-state index contributed by atoms with van der Waals surface area (Å²) in [5.74, 6) is -2.15. The molecular weight excluding hydrogens is 280 g/mol. The zero-order valence-electron chi connectivity index (χ0n) is 11.9. The molecule has 112 valence electrons. The van der Waals surface area contributed by atoms with Crippen LogP contribution in [0.25, 0.3) is 21.5 Å². The fourth-order valence-electron chi connectivity index (χ4n) is 2.17. The number of carbonyl (C=O) groups is 2. The van der Waals surface area contributed by atoms with Gasteiger partial charge in [0.25, 0.3) is 0 Å². The summed E-state index contributed by atoms with van der Waals surface area (Å²) in [6.45, 7) is 0. The van der Waals surface area contributed by atoms with E-state index in [4.69, 9.17) is 10.2 Å². The summed E-state index contributed by atoms with van der Waals surface area (Å²) in [4.78, 5) is 19.3. The van der Waals surface area contributed by atoms with Gasteiger partial charge in [0.1, 0.15) is 0 Å². The molecule has 0 spiro atoms. The van der Waals surface area contributed by atoms with Gasteiger partial charge >= 0.3 is 11.9 Å². The molecule has 3 aromatic carbocycles. The van der Waals surface area contributed by atoms with Gasteiger partial charge in [-0.2, -0.15) is 0 Å². The summed E-state index contributed by atoms with van der Waals surface area (Å²) in [6.07, 6.45) is -0.593. The largest absolute Gasteiger partial charge is 0.481 e. The molecule has 0 atom stereocenters. The van der Waals surface area contributed by atoms with Crippen LogP contribution in [-0.2, 0) is 9.59 Å². The number of carboxylic acids is 2. The van der Waals surface area contributed by atoms with Crippen molar-refractivity contribution in [3.8, 4) is 0 Å². The van der Waals surface area contributed by atoms with Crippen LogP contribution < -0.4 is 0 Å². The molecule has 2 N–H and O–H groups in total. The van der Waals surface area contributed by atoms with Crippen molar-refractivity contribution in [2.75, 3.05) is 0 Å². The van der Waals surface area contributed by atoms with Gasteiger partial charge in [0.15, 0.2) is 0 Å². The van der Waals surface area contributed by atoms with Gasteiger partial charge in [-0.3, -0.25) is 9.59 Å². The average Bonchev–Trinajstić information content (AvgIpc) is 2.53. The molecule has 0 aromatic heterocycles. The lowest BCUT2D eigenvalue weighted by molar-refractivity contribution is -0.143. The van der Waals surface area contributed by atoms with Crippen LogP contribution in [0, 0.1) is 0 Å². The maximum absolute atomic E-state index is 9.64. The molecule has 0 radical (unpaired) electrons. The highest BCUT2D eigenvalue weighted by Gasteiger charge is 2.00. The fourth-order valence-corrected chi connectivity index (χ4v) is 2.17. The van der Waals surface area contributed by atoms with Gasteiger partial charge < -0.3 is 10.2 Å². The highest BCUT2D eigenvalue weighted by Crippen LogP contribution is 2.24.